The van der Waals surface area contributed by atoms with E-state index in [1.54, 1.807) is 12.5 Å². The number of benzene rings is 3. The van der Waals surface area contributed by atoms with Gasteiger partial charge in [-0.2, -0.15) is 0 Å². The number of carbonyl (C=O) groups is 2. The minimum absolute atomic E-state index is 0.295. The highest BCUT2D eigenvalue weighted by Crippen LogP contribution is 2.40. The third-order valence-corrected chi connectivity index (χ3v) is 8.89. The summed E-state index contributed by atoms with van der Waals surface area (Å²) in [6.45, 7) is 0.649. The third-order valence-electron chi connectivity index (χ3n) is 8.89. The topological polar surface area (TPSA) is 136 Å². The molecular weight excluding hydrogens is 642 g/mol. The standard InChI is InChI=1S/C40H41N7O4/c1-50-38(48)36(21-34-23-41-27-44-34)42-24-32-19-12-20-33(46-32)25-43-37(39(49)51-2)22-35-26-47(28-45-35)40(29-13-6-3-7-14-29,30-15-8-4-9-16-30)31-17-10-5-11-18-31/h3-20,23,26-28,36-37,42-43H,21-22,24-25H2,1-2H3,(H,41,44)/t36-,37-/m0/s1. The largest absolute Gasteiger partial charge is 0.468 e. The molecule has 3 aromatic carbocycles. The van der Waals surface area contributed by atoms with E-state index < -0.39 is 23.6 Å². The second-order valence-corrected chi connectivity index (χ2v) is 12.1. The normalized spacial score (nSPS) is 12.6. The lowest BCUT2D eigenvalue weighted by atomic mass is 9.77. The molecule has 0 aliphatic rings. The molecule has 3 heterocycles. The molecule has 0 aliphatic carbocycles. The summed E-state index contributed by atoms with van der Waals surface area (Å²) in [5, 5.41) is 6.57. The first-order valence-corrected chi connectivity index (χ1v) is 16.8. The highest BCUT2D eigenvalue weighted by atomic mass is 16.5. The van der Waals surface area contributed by atoms with Gasteiger partial charge in [-0.3, -0.25) is 25.2 Å². The number of imidazole rings is 2. The Morgan fingerprint density at radius 1 is 0.706 bits per heavy atom. The van der Waals surface area contributed by atoms with E-state index in [2.05, 4.69) is 61.6 Å². The van der Waals surface area contributed by atoms with E-state index >= 15 is 0 Å². The first-order valence-electron chi connectivity index (χ1n) is 16.8. The summed E-state index contributed by atoms with van der Waals surface area (Å²) in [7, 11) is 2.75. The number of rotatable bonds is 16. The molecule has 260 valence electrons. The van der Waals surface area contributed by atoms with Crippen molar-refractivity contribution in [1.82, 2.24) is 35.1 Å². The second-order valence-electron chi connectivity index (χ2n) is 12.1. The molecule has 0 spiro atoms. The van der Waals surface area contributed by atoms with Crippen molar-refractivity contribution in [2.45, 2.75) is 43.6 Å². The van der Waals surface area contributed by atoms with E-state index in [-0.39, 0.29) is 5.97 Å². The zero-order valence-electron chi connectivity index (χ0n) is 28.6. The number of H-pyrrole nitrogens is 1. The van der Waals surface area contributed by atoms with Crippen LogP contribution in [0.15, 0.2) is 134 Å². The molecule has 0 radical (unpaired) electrons. The van der Waals surface area contributed by atoms with Crippen LogP contribution in [0.3, 0.4) is 0 Å². The van der Waals surface area contributed by atoms with Gasteiger partial charge in [0.15, 0.2) is 0 Å². The zero-order valence-corrected chi connectivity index (χ0v) is 28.6. The van der Waals surface area contributed by atoms with Crippen LogP contribution in [0, 0.1) is 0 Å². The number of methoxy groups -OCH3 is 2. The molecule has 0 aliphatic heterocycles. The predicted molar refractivity (Wildman–Crippen MR) is 192 cm³/mol. The van der Waals surface area contributed by atoms with Gasteiger partial charge in [0, 0.05) is 44.0 Å². The van der Waals surface area contributed by atoms with Gasteiger partial charge in [0.2, 0.25) is 0 Å². The zero-order chi connectivity index (χ0) is 35.5. The average Bonchev–Trinajstić information content (AvgIpc) is 3.89. The van der Waals surface area contributed by atoms with Gasteiger partial charge in [-0.25, -0.2) is 9.97 Å². The first-order chi connectivity index (χ1) is 25.0. The smallest absolute Gasteiger partial charge is 0.323 e. The molecule has 51 heavy (non-hydrogen) atoms. The Hall–Kier alpha value is -5.91. The molecule has 0 bridgehead atoms. The van der Waals surface area contributed by atoms with Crippen molar-refractivity contribution >= 4 is 11.9 Å². The minimum atomic E-state index is -0.715. The van der Waals surface area contributed by atoms with Gasteiger partial charge in [-0.15, -0.1) is 0 Å². The van der Waals surface area contributed by atoms with Gasteiger partial charge in [0.1, 0.15) is 17.6 Å². The van der Waals surface area contributed by atoms with Crippen LogP contribution in [-0.2, 0) is 50.5 Å². The fourth-order valence-corrected chi connectivity index (χ4v) is 6.41. The molecule has 3 aromatic heterocycles. The molecule has 11 nitrogen and oxygen atoms in total. The molecular formula is C40H41N7O4. The Kier molecular flexibility index (Phi) is 11.4. The summed E-state index contributed by atoms with van der Waals surface area (Å²) in [6, 6.07) is 35.5. The summed E-state index contributed by atoms with van der Waals surface area (Å²) < 4.78 is 12.3. The highest BCUT2D eigenvalue weighted by Gasteiger charge is 2.38. The van der Waals surface area contributed by atoms with Crippen LogP contribution >= 0.6 is 0 Å². The number of esters is 2. The fraction of sp³-hybridized carbons (Fsp3) is 0.225. The lowest BCUT2D eigenvalue weighted by Crippen LogP contribution is -2.40. The average molecular weight is 684 g/mol. The molecule has 3 N–H and O–H groups in total. The van der Waals surface area contributed by atoms with E-state index in [1.807, 2.05) is 85.3 Å². The number of hydrogen-bond donors (Lipinski definition) is 3. The SMILES string of the molecule is COC(=O)[C@H](Cc1cn(C(c2ccccc2)(c2ccccc2)c2ccccc2)cn1)NCc1cccc(CN[C@@H](Cc2cnc[nH]2)C(=O)OC)n1. The number of aromatic amines is 1. The number of nitrogens with one attached hydrogen (secondary N) is 3. The third kappa shape index (κ3) is 8.12. The molecule has 0 saturated heterocycles. The summed E-state index contributed by atoms with van der Waals surface area (Å²) >= 11 is 0. The van der Waals surface area contributed by atoms with E-state index in [4.69, 9.17) is 19.4 Å². The number of carbonyl (C=O) groups excluding carboxylic acids is 2. The van der Waals surface area contributed by atoms with E-state index in [0.717, 1.165) is 39.5 Å². The second kappa shape index (κ2) is 16.7. The Bertz CT molecular complexity index is 1890. The van der Waals surface area contributed by atoms with Crippen molar-refractivity contribution < 1.29 is 19.1 Å². The summed E-state index contributed by atoms with van der Waals surface area (Å²) in [6.07, 6.45) is 7.79. The lowest BCUT2D eigenvalue weighted by molar-refractivity contribution is -0.144. The van der Waals surface area contributed by atoms with Crippen LogP contribution in [0.25, 0.3) is 0 Å². The van der Waals surface area contributed by atoms with Crippen molar-refractivity contribution in [3.05, 3.63) is 174 Å². The number of pyridine rings is 1. The number of nitrogens with zero attached hydrogens (tertiary/aromatic N) is 4. The van der Waals surface area contributed by atoms with Gasteiger partial charge < -0.3 is 19.0 Å². The molecule has 6 aromatic rings. The summed E-state index contributed by atoms with van der Waals surface area (Å²) in [4.78, 5) is 42.1. The first kappa shape index (κ1) is 34.9. The van der Waals surface area contributed by atoms with Crippen molar-refractivity contribution in [1.29, 1.82) is 0 Å². The highest BCUT2D eigenvalue weighted by molar-refractivity contribution is 5.76. The molecule has 0 unspecified atom stereocenters. The van der Waals surface area contributed by atoms with Gasteiger partial charge in [0.05, 0.1) is 44.0 Å². The van der Waals surface area contributed by atoms with Crippen LogP contribution in [-0.4, -0.2) is 62.7 Å². The van der Waals surface area contributed by atoms with Crippen LogP contribution < -0.4 is 10.6 Å². The van der Waals surface area contributed by atoms with Crippen molar-refractivity contribution in [2.75, 3.05) is 14.2 Å². The van der Waals surface area contributed by atoms with E-state index in [9.17, 15) is 9.59 Å². The molecule has 11 heteroatoms. The van der Waals surface area contributed by atoms with Crippen molar-refractivity contribution in [3.8, 4) is 0 Å². The van der Waals surface area contributed by atoms with Gasteiger partial charge in [-0.1, -0.05) is 97.1 Å². The van der Waals surface area contributed by atoms with Gasteiger partial charge in [-0.05, 0) is 28.8 Å². The number of ether oxygens (including phenoxy) is 2. The van der Waals surface area contributed by atoms with Gasteiger partial charge >= 0.3 is 11.9 Å². The van der Waals surface area contributed by atoms with Crippen LogP contribution in [0.1, 0.15) is 39.5 Å². The predicted octanol–water partition coefficient (Wildman–Crippen LogP) is 4.59. The van der Waals surface area contributed by atoms with Crippen LogP contribution in [0.2, 0.25) is 0 Å². The Labute approximate surface area is 297 Å². The summed E-state index contributed by atoms with van der Waals surface area (Å²) in [5.74, 6) is -0.776. The summed E-state index contributed by atoms with van der Waals surface area (Å²) in [5.41, 5.74) is 5.52. The Morgan fingerprint density at radius 3 is 1.69 bits per heavy atom. The Morgan fingerprint density at radius 2 is 1.22 bits per heavy atom. The molecule has 6 rings (SSSR count). The molecule has 0 saturated carbocycles. The van der Waals surface area contributed by atoms with Crippen LogP contribution in [0.4, 0.5) is 0 Å². The van der Waals surface area contributed by atoms with Crippen LogP contribution in [0.5, 0.6) is 0 Å². The molecule has 0 amide bonds. The fourth-order valence-electron chi connectivity index (χ4n) is 6.41. The maximum atomic E-state index is 13.1. The minimum Gasteiger partial charge on any atom is -0.468 e. The molecule has 0 fully saturated rings. The van der Waals surface area contributed by atoms with Crippen molar-refractivity contribution in [2.24, 2.45) is 0 Å². The number of aromatic nitrogens is 5. The van der Waals surface area contributed by atoms with Crippen molar-refractivity contribution in [3.63, 3.8) is 0 Å². The quantitative estimate of drug-likeness (QED) is 0.0989. The number of hydrogen-bond acceptors (Lipinski definition) is 9. The van der Waals surface area contributed by atoms with E-state index in [0.29, 0.717) is 25.9 Å². The van der Waals surface area contributed by atoms with Gasteiger partial charge in [0.25, 0.3) is 0 Å². The monoisotopic (exact) mass is 683 g/mol. The Balaban J connectivity index is 1.21. The lowest BCUT2D eigenvalue weighted by Gasteiger charge is -2.37. The maximum absolute atomic E-state index is 13.1. The maximum Gasteiger partial charge on any atom is 0.323 e. The molecule has 2 atom stereocenters. The van der Waals surface area contributed by atoms with E-state index in [1.165, 1.54) is 14.2 Å².